The summed E-state index contributed by atoms with van der Waals surface area (Å²) in [4.78, 5) is 28.2. The van der Waals surface area contributed by atoms with Crippen LogP contribution in [-0.2, 0) is 0 Å². The molecule has 2 rings (SSSR count). The number of ether oxygens (including phenoxy) is 1. The fourth-order valence-electron chi connectivity index (χ4n) is 1.55. The molecule has 7 heteroatoms. The predicted molar refractivity (Wildman–Crippen MR) is 74.8 cm³/mol. The van der Waals surface area contributed by atoms with Crippen LogP contribution in [0, 0.1) is 0 Å². The molecule has 1 N–H and O–H groups in total. The van der Waals surface area contributed by atoms with Crippen LogP contribution in [0.25, 0.3) is 0 Å². The van der Waals surface area contributed by atoms with Crippen molar-refractivity contribution in [2.45, 2.75) is 0 Å². The average Bonchev–Trinajstić information content (AvgIpc) is 2.95. The molecule has 20 heavy (non-hydrogen) atoms. The van der Waals surface area contributed by atoms with Crippen LogP contribution in [0.2, 0.25) is 0 Å². The van der Waals surface area contributed by atoms with Crippen molar-refractivity contribution in [2.75, 3.05) is 19.1 Å². The fraction of sp³-hybridized carbons (Fsp3) is 0.154. The maximum atomic E-state index is 12.2. The minimum absolute atomic E-state index is 0.127. The van der Waals surface area contributed by atoms with Gasteiger partial charge in [-0.3, -0.25) is 4.79 Å². The van der Waals surface area contributed by atoms with Crippen molar-refractivity contribution in [3.8, 4) is 5.75 Å². The number of nitrogens with zero attached hydrogens (tertiary/aromatic N) is 2. The van der Waals surface area contributed by atoms with E-state index in [2.05, 4.69) is 4.98 Å². The van der Waals surface area contributed by atoms with Gasteiger partial charge in [-0.25, -0.2) is 9.78 Å². The molecule has 0 fully saturated rings. The third-order valence-electron chi connectivity index (χ3n) is 2.65. The number of benzene rings is 1. The van der Waals surface area contributed by atoms with E-state index in [4.69, 9.17) is 9.84 Å². The van der Waals surface area contributed by atoms with Gasteiger partial charge in [0.15, 0.2) is 10.7 Å². The summed E-state index contributed by atoms with van der Waals surface area (Å²) in [5.41, 5.74) is 0.513. The SMILES string of the molecule is COc1cccc(N(C)C(=O)c2nc(C(=O)O)cs2)c1. The van der Waals surface area contributed by atoms with Crippen LogP contribution in [0.4, 0.5) is 5.69 Å². The van der Waals surface area contributed by atoms with Gasteiger partial charge >= 0.3 is 5.97 Å². The van der Waals surface area contributed by atoms with Gasteiger partial charge in [0.05, 0.1) is 7.11 Å². The molecule has 104 valence electrons. The highest BCUT2D eigenvalue weighted by Gasteiger charge is 2.19. The summed E-state index contributed by atoms with van der Waals surface area (Å²) in [6.45, 7) is 0. The number of amides is 1. The highest BCUT2D eigenvalue weighted by molar-refractivity contribution is 7.12. The highest BCUT2D eigenvalue weighted by Crippen LogP contribution is 2.22. The largest absolute Gasteiger partial charge is 0.497 e. The number of carboxylic acids is 1. The first kappa shape index (κ1) is 14.0. The molecule has 0 aliphatic carbocycles. The molecule has 0 atom stereocenters. The summed E-state index contributed by atoms with van der Waals surface area (Å²) in [6.07, 6.45) is 0. The van der Waals surface area contributed by atoms with E-state index in [1.807, 2.05) is 0 Å². The van der Waals surface area contributed by atoms with Crippen LogP contribution in [-0.4, -0.2) is 36.1 Å². The summed E-state index contributed by atoms with van der Waals surface area (Å²) in [7, 11) is 3.14. The van der Waals surface area contributed by atoms with Gasteiger partial charge in [0.2, 0.25) is 0 Å². The Kier molecular flexibility index (Phi) is 3.99. The summed E-state index contributed by atoms with van der Waals surface area (Å²) < 4.78 is 5.10. The Bertz CT molecular complexity index is 653. The summed E-state index contributed by atoms with van der Waals surface area (Å²) in [5, 5.41) is 10.3. The van der Waals surface area contributed by atoms with Crippen LogP contribution in [0.3, 0.4) is 0 Å². The second-order valence-electron chi connectivity index (χ2n) is 3.91. The van der Waals surface area contributed by atoms with E-state index < -0.39 is 5.97 Å². The normalized spacial score (nSPS) is 10.1. The molecule has 0 aliphatic heterocycles. The average molecular weight is 292 g/mol. The molecule has 0 bridgehead atoms. The molecular formula is C13H12N2O4S. The van der Waals surface area contributed by atoms with E-state index in [1.54, 1.807) is 38.4 Å². The van der Waals surface area contributed by atoms with Crippen molar-refractivity contribution in [1.82, 2.24) is 4.98 Å². The summed E-state index contributed by atoms with van der Waals surface area (Å²) in [5.74, 6) is -0.882. The molecule has 1 amide bonds. The van der Waals surface area contributed by atoms with E-state index in [1.165, 1.54) is 10.3 Å². The third-order valence-corrected chi connectivity index (χ3v) is 3.48. The van der Waals surface area contributed by atoms with Gasteiger partial charge in [0.1, 0.15) is 5.75 Å². The third kappa shape index (κ3) is 2.77. The number of anilines is 1. The van der Waals surface area contributed by atoms with Crippen LogP contribution in [0.5, 0.6) is 5.75 Å². The first-order valence-corrected chi connectivity index (χ1v) is 6.52. The molecule has 2 aromatic rings. The Hall–Kier alpha value is -2.41. The lowest BCUT2D eigenvalue weighted by Gasteiger charge is -2.16. The molecule has 1 aromatic heterocycles. The van der Waals surface area contributed by atoms with Crippen molar-refractivity contribution < 1.29 is 19.4 Å². The van der Waals surface area contributed by atoms with E-state index in [0.29, 0.717) is 11.4 Å². The number of carbonyl (C=O) groups excluding carboxylic acids is 1. The maximum absolute atomic E-state index is 12.2. The quantitative estimate of drug-likeness (QED) is 0.933. The minimum Gasteiger partial charge on any atom is -0.497 e. The molecule has 0 radical (unpaired) electrons. The first-order chi connectivity index (χ1) is 9.52. The standard InChI is InChI=1S/C13H12N2O4S/c1-15(8-4-3-5-9(6-8)19-2)12(16)11-14-10(7-20-11)13(17)18/h3-7H,1-2H3,(H,17,18). The zero-order valence-corrected chi connectivity index (χ0v) is 11.7. The Balaban J connectivity index is 2.24. The lowest BCUT2D eigenvalue weighted by molar-refractivity contribution is 0.0691. The van der Waals surface area contributed by atoms with Crippen LogP contribution >= 0.6 is 11.3 Å². The van der Waals surface area contributed by atoms with E-state index in [0.717, 1.165) is 11.3 Å². The van der Waals surface area contributed by atoms with Gasteiger partial charge in [0.25, 0.3) is 5.91 Å². The number of carboxylic acid groups (broad SMARTS) is 1. The summed E-state index contributed by atoms with van der Waals surface area (Å²) in [6, 6.07) is 7.01. The number of rotatable bonds is 4. The molecule has 0 saturated heterocycles. The molecule has 0 spiro atoms. The molecular weight excluding hydrogens is 280 g/mol. The second-order valence-corrected chi connectivity index (χ2v) is 4.77. The van der Waals surface area contributed by atoms with Crippen LogP contribution in [0.15, 0.2) is 29.6 Å². The smallest absolute Gasteiger partial charge is 0.355 e. The van der Waals surface area contributed by atoms with Crippen molar-refractivity contribution in [3.63, 3.8) is 0 Å². The van der Waals surface area contributed by atoms with Gasteiger partial charge in [-0.1, -0.05) is 6.07 Å². The number of carbonyl (C=O) groups is 2. The van der Waals surface area contributed by atoms with Gasteiger partial charge in [-0.05, 0) is 12.1 Å². The number of aromatic carboxylic acids is 1. The van der Waals surface area contributed by atoms with Gasteiger partial charge in [-0.15, -0.1) is 11.3 Å². The zero-order chi connectivity index (χ0) is 14.7. The molecule has 0 aliphatic rings. The Morgan fingerprint density at radius 1 is 1.40 bits per heavy atom. The van der Waals surface area contributed by atoms with Crippen LogP contribution in [0.1, 0.15) is 20.3 Å². The number of methoxy groups -OCH3 is 1. The van der Waals surface area contributed by atoms with Crippen molar-refractivity contribution in [2.24, 2.45) is 0 Å². The van der Waals surface area contributed by atoms with E-state index in [-0.39, 0.29) is 16.6 Å². The second kappa shape index (κ2) is 5.70. The first-order valence-electron chi connectivity index (χ1n) is 5.64. The van der Waals surface area contributed by atoms with E-state index >= 15 is 0 Å². The highest BCUT2D eigenvalue weighted by atomic mass is 32.1. The Morgan fingerprint density at radius 2 is 2.15 bits per heavy atom. The van der Waals surface area contributed by atoms with Crippen molar-refractivity contribution >= 4 is 28.9 Å². The van der Waals surface area contributed by atoms with Crippen molar-refractivity contribution in [3.05, 3.63) is 40.3 Å². The molecule has 6 nitrogen and oxygen atoms in total. The fourth-order valence-corrected chi connectivity index (χ4v) is 2.32. The van der Waals surface area contributed by atoms with Crippen molar-refractivity contribution in [1.29, 1.82) is 0 Å². The topological polar surface area (TPSA) is 79.7 Å². The monoisotopic (exact) mass is 292 g/mol. The van der Waals surface area contributed by atoms with Gasteiger partial charge in [0, 0.05) is 24.2 Å². The molecule has 1 heterocycles. The lowest BCUT2D eigenvalue weighted by atomic mass is 10.3. The Morgan fingerprint density at radius 3 is 2.75 bits per heavy atom. The van der Waals surface area contributed by atoms with Crippen LogP contribution < -0.4 is 9.64 Å². The zero-order valence-electron chi connectivity index (χ0n) is 10.9. The van der Waals surface area contributed by atoms with E-state index in [9.17, 15) is 9.59 Å². The maximum Gasteiger partial charge on any atom is 0.355 e. The van der Waals surface area contributed by atoms with Gasteiger partial charge in [-0.2, -0.15) is 0 Å². The predicted octanol–water partition coefficient (Wildman–Crippen LogP) is 2.13. The molecule has 1 aromatic carbocycles. The number of hydrogen-bond donors (Lipinski definition) is 1. The summed E-state index contributed by atoms with van der Waals surface area (Å²) >= 11 is 1.00. The minimum atomic E-state index is -1.15. The number of hydrogen-bond acceptors (Lipinski definition) is 5. The van der Waals surface area contributed by atoms with Gasteiger partial charge < -0.3 is 14.7 Å². The lowest BCUT2D eigenvalue weighted by Crippen LogP contribution is -2.26. The number of thiazole rings is 1. The molecule has 0 saturated carbocycles. The Labute approximate surface area is 119 Å². The molecule has 0 unspecified atom stereocenters. The number of aromatic nitrogens is 1.